The van der Waals surface area contributed by atoms with Gasteiger partial charge >= 0.3 is 29.6 Å². The molecule has 0 saturated carbocycles. The van der Waals surface area contributed by atoms with Crippen LogP contribution in [0.5, 0.6) is 0 Å². The molecule has 0 heterocycles. The number of anilines is 1. The maximum atomic E-state index is 10.3. The summed E-state index contributed by atoms with van der Waals surface area (Å²) in [7, 11) is 0. The fourth-order valence-corrected chi connectivity index (χ4v) is 0.937. The molecule has 0 spiro atoms. The summed E-state index contributed by atoms with van der Waals surface area (Å²) in [5.41, 5.74) is 5.89. The van der Waals surface area contributed by atoms with Crippen LogP contribution in [0.15, 0.2) is 29.2 Å². The summed E-state index contributed by atoms with van der Waals surface area (Å²) in [6, 6.07) is 6.01. The Labute approximate surface area is 89.6 Å². The summed E-state index contributed by atoms with van der Waals surface area (Å²) < 4.78 is 20.5. The van der Waals surface area contributed by atoms with Gasteiger partial charge in [0.1, 0.15) is 0 Å². The molecule has 54 valence electrons. The van der Waals surface area contributed by atoms with Gasteiger partial charge in [-0.1, -0.05) is 0 Å². The Kier molecular flexibility index (Phi) is 4.96. The van der Waals surface area contributed by atoms with Crippen LogP contribution >= 0.6 is 0 Å². The minimum atomic E-state index is -2.14. The van der Waals surface area contributed by atoms with E-state index in [-0.39, 0.29) is 34.5 Å². The first kappa shape index (κ1) is 11.1. The van der Waals surface area contributed by atoms with Crippen LogP contribution < -0.4 is 35.3 Å². The molecular weight excluding hydrogens is 173 g/mol. The largest absolute Gasteiger partial charge is 1.00 e. The Balaban J connectivity index is 0.000001000. The molecule has 1 rings (SSSR count). The molecular formula is C6H6NNaO2S. The van der Waals surface area contributed by atoms with Gasteiger partial charge in [-0.25, -0.2) is 0 Å². The van der Waals surface area contributed by atoms with Crippen molar-refractivity contribution in [2.45, 2.75) is 4.90 Å². The Morgan fingerprint density at radius 1 is 1.27 bits per heavy atom. The van der Waals surface area contributed by atoms with E-state index in [0.717, 1.165) is 0 Å². The first-order chi connectivity index (χ1) is 4.70. The van der Waals surface area contributed by atoms with Crippen molar-refractivity contribution in [3.05, 3.63) is 24.3 Å². The fraction of sp³-hybridized carbons (Fsp3) is 0. The third kappa shape index (κ3) is 3.35. The second-order valence-corrected chi connectivity index (χ2v) is 2.74. The van der Waals surface area contributed by atoms with Gasteiger partial charge in [0.25, 0.3) is 0 Å². The van der Waals surface area contributed by atoms with Crippen LogP contribution in [0.2, 0.25) is 0 Å². The van der Waals surface area contributed by atoms with Crippen LogP contribution in [0.4, 0.5) is 5.69 Å². The van der Waals surface area contributed by atoms with Crippen LogP contribution in [-0.2, 0) is 11.1 Å². The van der Waals surface area contributed by atoms with Crippen LogP contribution in [0, 0.1) is 0 Å². The Hall–Kier alpha value is 0.130. The van der Waals surface area contributed by atoms with Crippen molar-refractivity contribution in [3.8, 4) is 0 Å². The molecule has 5 heteroatoms. The zero-order valence-corrected chi connectivity index (χ0v) is 8.93. The summed E-state index contributed by atoms with van der Waals surface area (Å²) >= 11 is -2.14. The number of nitrogen functional groups attached to an aromatic ring is 1. The van der Waals surface area contributed by atoms with Crippen LogP contribution in [0.1, 0.15) is 0 Å². The van der Waals surface area contributed by atoms with Crippen molar-refractivity contribution in [2.75, 3.05) is 5.73 Å². The molecule has 1 atom stereocenters. The van der Waals surface area contributed by atoms with Gasteiger partial charge in [0, 0.05) is 10.6 Å². The van der Waals surface area contributed by atoms with Crippen LogP contribution in [-0.4, -0.2) is 8.76 Å². The van der Waals surface area contributed by atoms with Gasteiger partial charge in [-0.05, 0) is 35.3 Å². The minimum Gasteiger partial charge on any atom is -0.768 e. The second kappa shape index (κ2) is 4.90. The van der Waals surface area contributed by atoms with Crippen molar-refractivity contribution in [2.24, 2.45) is 0 Å². The molecule has 0 bridgehead atoms. The van der Waals surface area contributed by atoms with E-state index in [4.69, 9.17) is 5.73 Å². The standard InChI is InChI=1S/C6H7NO2S.Na/c7-5-1-3-6(4-2-5)10(8)9;/h1-4H,7H2,(H,8,9);/q;+1/p-1. The number of hydrogen-bond donors (Lipinski definition) is 1. The molecule has 1 unspecified atom stereocenters. The Bertz CT molecular complexity index is 249. The van der Waals surface area contributed by atoms with Crippen molar-refractivity contribution in [3.63, 3.8) is 0 Å². The maximum absolute atomic E-state index is 10.3. The van der Waals surface area contributed by atoms with E-state index in [0.29, 0.717) is 5.69 Å². The molecule has 0 aliphatic heterocycles. The normalized spacial score (nSPS) is 11.7. The first-order valence-electron chi connectivity index (χ1n) is 2.65. The minimum absolute atomic E-state index is 0. The third-order valence-corrected chi connectivity index (χ3v) is 1.73. The van der Waals surface area contributed by atoms with E-state index in [2.05, 4.69) is 0 Å². The van der Waals surface area contributed by atoms with E-state index in [9.17, 15) is 8.76 Å². The Morgan fingerprint density at radius 2 is 1.73 bits per heavy atom. The van der Waals surface area contributed by atoms with Crippen molar-refractivity contribution in [1.29, 1.82) is 0 Å². The van der Waals surface area contributed by atoms with E-state index in [1.165, 1.54) is 12.1 Å². The summed E-state index contributed by atoms with van der Waals surface area (Å²) in [5.74, 6) is 0. The summed E-state index contributed by atoms with van der Waals surface area (Å²) in [6.07, 6.45) is 0. The zero-order valence-electron chi connectivity index (χ0n) is 6.11. The van der Waals surface area contributed by atoms with Crippen molar-refractivity contribution < 1.29 is 38.3 Å². The van der Waals surface area contributed by atoms with E-state index >= 15 is 0 Å². The SMILES string of the molecule is Nc1ccc(S(=O)[O-])cc1.[Na+]. The summed E-state index contributed by atoms with van der Waals surface area (Å²) in [4.78, 5) is 0.259. The smallest absolute Gasteiger partial charge is 0.768 e. The molecule has 11 heavy (non-hydrogen) atoms. The van der Waals surface area contributed by atoms with Gasteiger partial charge in [0.2, 0.25) is 0 Å². The molecule has 3 nitrogen and oxygen atoms in total. The second-order valence-electron chi connectivity index (χ2n) is 1.80. The van der Waals surface area contributed by atoms with Crippen molar-refractivity contribution >= 4 is 16.8 Å². The fourth-order valence-electron chi connectivity index (χ4n) is 0.579. The molecule has 2 N–H and O–H groups in total. The van der Waals surface area contributed by atoms with Gasteiger partial charge in [0.05, 0.1) is 0 Å². The predicted molar refractivity (Wildman–Crippen MR) is 38.0 cm³/mol. The molecule has 0 radical (unpaired) electrons. The number of nitrogens with two attached hydrogens (primary N) is 1. The van der Waals surface area contributed by atoms with Gasteiger partial charge in [0.15, 0.2) is 0 Å². The maximum Gasteiger partial charge on any atom is 1.00 e. The van der Waals surface area contributed by atoms with E-state index in [1.807, 2.05) is 0 Å². The average molecular weight is 179 g/mol. The van der Waals surface area contributed by atoms with Crippen LogP contribution in [0.25, 0.3) is 0 Å². The molecule has 1 aromatic rings. The number of benzene rings is 1. The van der Waals surface area contributed by atoms with E-state index < -0.39 is 11.1 Å². The predicted octanol–water partition coefficient (Wildman–Crippen LogP) is -2.49. The zero-order chi connectivity index (χ0) is 7.56. The number of rotatable bonds is 1. The average Bonchev–Trinajstić information content (AvgIpc) is 1.88. The van der Waals surface area contributed by atoms with Crippen molar-refractivity contribution in [1.82, 2.24) is 0 Å². The Morgan fingerprint density at radius 3 is 2.09 bits per heavy atom. The molecule has 0 aliphatic rings. The quantitative estimate of drug-likeness (QED) is 0.295. The molecule has 0 aromatic heterocycles. The van der Waals surface area contributed by atoms with Crippen LogP contribution in [0.3, 0.4) is 0 Å². The summed E-state index contributed by atoms with van der Waals surface area (Å²) in [5, 5.41) is 0. The van der Waals surface area contributed by atoms with Gasteiger partial charge < -0.3 is 10.3 Å². The van der Waals surface area contributed by atoms with Gasteiger partial charge in [-0.15, -0.1) is 0 Å². The summed E-state index contributed by atoms with van der Waals surface area (Å²) in [6.45, 7) is 0. The molecule has 1 aromatic carbocycles. The molecule has 0 amide bonds. The molecule has 0 fully saturated rings. The van der Waals surface area contributed by atoms with Gasteiger partial charge in [-0.3, -0.25) is 4.21 Å². The van der Waals surface area contributed by atoms with Gasteiger partial charge in [-0.2, -0.15) is 0 Å². The van der Waals surface area contributed by atoms with E-state index in [1.54, 1.807) is 12.1 Å². The molecule has 0 aliphatic carbocycles. The number of hydrogen-bond acceptors (Lipinski definition) is 3. The third-order valence-electron chi connectivity index (χ3n) is 1.07. The topological polar surface area (TPSA) is 66.2 Å². The monoisotopic (exact) mass is 179 g/mol. The first-order valence-corrected chi connectivity index (χ1v) is 3.72. The molecule has 0 saturated heterocycles.